The third-order valence-electron chi connectivity index (χ3n) is 9.17. The first-order valence-corrected chi connectivity index (χ1v) is 18.8. The number of piperidine rings is 1. The number of aromatic nitrogens is 1. The minimum Gasteiger partial charge on any atom is -0.456 e. The Labute approximate surface area is 301 Å². The minimum atomic E-state index is -0.501. The number of aryl methyl sites for hydroxylation is 1. The summed E-state index contributed by atoms with van der Waals surface area (Å²) in [7, 11) is 0. The number of piperazine rings is 1. The zero-order chi connectivity index (χ0) is 35.8. The number of carbonyl (C=O) groups excluding carboxylic acids is 1. The summed E-state index contributed by atoms with van der Waals surface area (Å²) in [6.07, 6.45) is 3.66. The molecule has 0 bridgehead atoms. The molecule has 274 valence electrons. The molecular formula is C38H58BrFN4O5. The molecule has 4 fully saturated rings. The molecule has 0 aliphatic carbocycles. The smallest absolute Gasteiger partial charge is 0.338 e. The zero-order valence-corrected chi connectivity index (χ0v) is 32.4. The Bertz CT molecular complexity index is 1320. The summed E-state index contributed by atoms with van der Waals surface area (Å²) < 4.78 is 36.6. The van der Waals surface area contributed by atoms with Gasteiger partial charge in [0.15, 0.2) is 11.6 Å². The summed E-state index contributed by atoms with van der Waals surface area (Å²) in [5, 5.41) is 0. The number of ether oxygens (including phenoxy) is 4. The van der Waals surface area contributed by atoms with Gasteiger partial charge in [0.2, 0.25) is 0 Å². The Kier molecular flexibility index (Phi) is 14.5. The highest BCUT2D eigenvalue weighted by Gasteiger charge is 2.48. The van der Waals surface area contributed by atoms with E-state index < -0.39 is 11.4 Å². The number of anilines is 1. The van der Waals surface area contributed by atoms with Crippen LogP contribution in [0.15, 0.2) is 41.0 Å². The summed E-state index contributed by atoms with van der Waals surface area (Å²) in [5.41, 5.74) is 2.13. The van der Waals surface area contributed by atoms with Crippen LogP contribution in [0.2, 0.25) is 0 Å². The zero-order valence-electron chi connectivity index (χ0n) is 30.8. The van der Waals surface area contributed by atoms with E-state index in [4.69, 9.17) is 18.9 Å². The fourth-order valence-electron chi connectivity index (χ4n) is 6.79. The van der Waals surface area contributed by atoms with Crippen molar-refractivity contribution in [1.29, 1.82) is 0 Å². The number of hydrogen-bond acceptors (Lipinski definition) is 9. The number of nitrogens with zero attached hydrogens (tertiary/aromatic N) is 4. The van der Waals surface area contributed by atoms with Crippen LogP contribution in [0.4, 0.5) is 10.1 Å². The van der Waals surface area contributed by atoms with Gasteiger partial charge in [0.05, 0.1) is 17.8 Å². The van der Waals surface area contributed by atoms with Crippen LogP contribution < -0.4 is 4.90 Å². The number of pyridine rings is 1. The van der Waals surface area contributed by atoms with Gasteiger partial charge in [-0.1, -0.05) is 13.8 Å². The third kappa shape index (κ3) is 12.0. The molecule has 0 amide bonds. The van der Waals surface area contributed by atoms with Crippen LogP contribution in [-0.2, 0) is 18.9 Å². The quantitative estimate of drug-likeness (QED) is 0.227. The van der Waals surface area contributed by atoms with Gasteiger partial charge in [-0.15, -0.1) is 0 Å². The van der Waals surface area contributed by atoms with E-state index >= 15 is 0 Å². The van der Waals surface area contributed by atoms with Crippen LogP contribution >= 0.6 is 15.9 Å². The van der Waals surface area contributed by atoms with Crippen molar-refractivity contribution in [3.63, 3.8) is 0 Å². The molecule has 49 heavy (non-hydrogen) atoms. The Morgan fingerprint density at radius 2 is 1.55 bits per heavy atom. The molecule has 3 unspecified atom stereocenters. The van der Waals surface area contributed by atoms with E-state index in [9.17, 15) is 9.18 Å². The molecular weight excluding hydrogens is 691 g/mol. The molecule has 11 heteroatoms. The van der Waals surface area contributed by atoms with Gasteiger partial charge in [-0.25, -0.2) is 14.2 Å². The molecule has 9 nitrogen and oxygen atoms in total. The van der Waals surface area contributed by atoms with Gasteiger partial charge in [-0.05, 0) is 119 Å². The van der Waals surface area contributed by atoms with Gasteiger partial charge < -0.3 is 28.7 Å². The second kappa shape index (κ2) is 17.9. The van der Waals surface area contributed by atoms with Crippen LogP contribution in [0.3, 0.4) is 0 Å². The summed E-state index contributed by atoms with van der Waals surface area (Å²) in [4.78, 5) is 23.8. The maximum absolute atomic E-state index is 12.4. The van der Waals surface area contributed by atoms with Gasteiger partial charge in [0, 0.05) is 70.3 Å². The molecule has 0 saturated carbocycles. The van der Waals surface area contributed by atoms with Crippen molar-refractivity contribution in [3.8, 4) is 0 Å². The molecule has 4 saturated heterocycles. The monoisotopic (exact) mass is 748 g/mol. The fraction of sp³-hybridized carbons (Fsp3) is 0.684. The average Bonchev–Trinajstić information content (AvgIpc) is 3.40. The molecule has 0 radical (unpaired) electrons. The van der Waals surface area contributed by atoms with E-state index in [2.05, 4.69) is 47.7 Å². The second-order valence-corrected chi connectivity index (χ2v) is 15.4. The number of fused-ring (bicyclic) bond motifs is 1. The number of halogens is 2. The average molecular weight is 750 g/mol. The lowest BCUT2D eigenvalue weighted by atomic mass is 9.95. The van der Waals surface area contributed by atoms with E-state index in [-0.39, 0.29) is 34.7 Å². The first kappa shape index (κ1) is 39.6. The van der Waals surface area contributed by atoms with Crippen molar-refractivity contribution in [2.45, 2.75) is 104 Å². The lowest BCUT2D eigenvalue weighted by Gasteiger charge is -2.41. The lowest BCUT2D eigenvalue weighted by molar-refractivity contribution is -0.155. The molecule has 1 aromatic heterocycles. The van der Waals surface area contributed by atoms with Crippen molar-refractivity contribution in [3.05, 3.63) is 58.1 Å². The standard InChI is InChI=1S/C30H47N3O5.C6H5BrFN.C2H6/c1-29(2,3)38-28(34)23-6-8-24(9-7-23)33-13-10-22(11-14-33)20-31-15-17-32(18-16-31)21-26-27-25(12-19-35-26)36-30(4,5)37-27;1-4-2-3-5(8)6(7)9-4;1-2/h6-9,22,25-27H,10-21H2,1-5H3;2-3H,1H3;1-2H3. The van der Waals surface area contributed by atoms with Crippen LogP contribution in [0.1, 0.15) is 83.8 Å². The molecule has 1 aromatic carbocycles. The van der Waals surface area contributed by atoms with Crippen LogP contribution in [-0.4, -0.2) is 109 Å². The molecule has 4 aliphatic rings. The molecule has 2 aromatic rings. The van der Waals surface area contributed by atoms with E-state index in [1.54, 1.807) is 6.07 Å². The number of rotatable bonds is 6. The minimum absolute atomic E-state index is 0.0514. The predicted octanol–water partition coefficient (Wildman–Crippen LogP) is 7.10. The van der Waals surface area contributed by atoms with Crippen molar-refractivity contribution in [2.75, 3.05) is 63.9 Å². The number of esters is 1. The Morgan fingerprint density at radius 1 is 0.939 bits per heavy atom. The summed E-state index contributed by atoms with van der Waals surface area (Å²) in [6.45, 7) is 24.9. The van der Waals surface area contributed by atoms with Gasteiger partial charge in [0.25, 0.3) is 0 Å². The molecule has 0 spiro atoms. The first-order valence-electron chi connectivity index (χ1n) is 18.0. The summed E-state index contributed by atoms with van der Waals surface area (Å²) >= 11 is 2.96. The molecule has 3 atom stereocenters. The number of benzene rings is 1. The normalized spacial score (nSPS) is 24.6. The largest absolute Gasteiger partial charge is 0.456 e. The van der Waals surface area contributed by atoms with Gasteiger partial charge in [-0.3, -0.25) is 4.90 Å². The SMILES string of the molecule is CC.CC(C)(C)OC(=O)c1ccc(N2CCC(CN3CCN(CC4OCCC5OC(C)(C)OC45)CC3)CC2)cc1.Cc1ccc(F)c(Br)n1. The molecule has 0 N–H and O–H groups in total. The highest BCUT2D eigenvalue weighted by Crippen LogP contribution is 2.35. The second-order valence-electron chi connectivity index (χ2n) is 14.6. The Morgan fingerprint density at radius 3 is 2.12 bits per heavy atom. The molecule has 4 aliphatic heterocycles. The fourth-order valence-corrected chi connectivity index (χ4v) is 7.20. The molecule has 5 heterocycles. The van der Waals surface area contributed by atoms with E-state index in [0.29, 0.717) is 5.56 Å². The van der Waals surface area contributed by atoms with Crippen molar-refractivity contribution in [2.24, 2.45) is 5.92 Å². The van der Waals surface area contributed by atoms with Crippen LogP contribution in [0.5, 0.6) is 0 Å². The Hall–Kier alpha value is -2.15. The van der Waals surface area contributed by atoms with Crippen LogP contribution in [0.25, 0.3) is 0 Å². The predicted molar refractivity (Wildman–Crippen MR) is 196 cm³/mol. The highest BCUT2D eigenvalue weighted by atomic mass is 79.9. The maximum Gasteiger partial charge on any atom is 0.338 e. The van der Waals surface area contributed by atoms with Gasteiger partial charge >= 0.3 is 5.97 Å². The van der Waals surface area contributed by atoms with Gasteiger partial charge in [0.1, 0.15) is 16.3 Å². The highest BCUT2D eigenvalue weighted by molar-refractivity contribution is 9.10. The van der Waals surface area contributed by atoms with Crippen molar-refractivity contribution < 1.29 is 28.1 Å². The first-order chi connectivity index (χ1) is 23.2. The Balaban J connectivity index is 0.000000423. The topological polar surface area (TPSA) is 76.6 Å². The summed E-state index contributed by atoms with van der Waals surface area (Å²) in [6, 6.07) is 10.9. The van der Waals surface area contributed by atoms with Crippen molar-refractivity contribution >= 4 is 27.6 Å². The maximum atomic E-state index is 12.4. The number of hydrogen-bond donors (Lipinski definition) is 0. The van der Waals surface area contributed by atoms with E-state index in [1.807, 2.05) is 67.5 Å². The lowest BCUT2D eigenvalue weighted by Crippen LogP contribution is -2.54. The van der Waals surface area contributed by atoms with Crippen LogP contribution in [0, 0.1) is 18.7 Å². The molecule has 6 rings (SSSR count). The van der Waals surface area contributed by atoms with E-state index in [0.717, 1.165) is 70.5 Å². The van der Waals surface area contributed by atoms with Crippen molar-refractivity contribution in [1.82, 2.24) is 14.8 Å². The summed E-state index contributed by atoms with van der Waals surface area (Å²) in [5.74, 6) is -0.338. The van der Waals surface area contributed by atoms with E-state index in [1.165, 1.54) is 31.1 Å². The third-order valence-corrected chi connectivity index (χ3v) is 9.72. The number of carbonyl (C=O) groups is 1. The van der Waals surface area contributed by atoms with Gasteiger partial charge in [-0.2, -0.15) is 0 Å².